The van der Waals surface area contributed by atoms with Crippen molar-refractivity contribution in [3.05, 3.63) is 27.4 Å². The van der Waals surface area contributed by atoms with Crippen molar-refractivity contribution < 1.29 is 14.7 Å². The van der Waals surface area contributed by atoms with Crippen LogP contribution in [0.15, 0.2) is 6.07 Å². The molecular formula is C21H24Cl2N4O3. The van der Waals surface area contributed by atoms with E-state index in [1.54, 1.807) is 0 Å². The number of aliphatic carboxylic acids is 1. The van der Waals surface area contributed by atoms with Crippen LogP contribution in [-0.4, -0.2) is 63.2 Å². The van der Waals surface area contributed by atoms with E-state index < -0.39 is 11.4 Å². The summed E-state index contributed by atoms with van der Waals surface area (Å²) in [5, 5.41) is 18.2. The van der Waals surface area contributed by atoms with E-state index in [4.69, 9.17) is 23.2 Å². The fraction of sp³-hybridized carbons (Fsp3) is 0.571. The van der Waals surface area contributed by atoms with E-state index in [0.29, 0.717) is 35.2 Å². The maximum atomic E-state index is 13.6. The zero-order valence-corrected chi connectivity index (χ0v) is 18.1. The van der Waals surface area contributed by atoms with E-state index in [2.05, 4.69) is 15.1 Å². The first-order valence-electron chi connectivity index (χ1n) is 10.5. The summed E-state index contributed by atoms with van der Waals surface area (Å²) in [6.45, 7) is 3.87. The minimum atomic E-state index is -0.946. The van der Waals surface area contributed by atoms with E-state index in [1.165, 1.54) is 19.3 Å². The molecule has 2 fully saturated rings. The van der Waals surface area contributed by atoms with Gasteiger partial charge in [0, 0.05) is 30.9 Å². The number of piperidine rings is 1. The maximum Gasteiger partial charge on any atom is 0.304 e. The van der Waals surface area contributed by atoms with E-state index in [1.807, 2.05) is 11.0 Å². The van der Waals surface area contributed by atoms with Gasteiger partial charge in [-0.25, -0.2) is 0 Å². The Labute approximate surface area is 184 Å². The van der Waals surface area contributed by atoms with E-state index >= 15 is 0 Å². The summed E-state index contributed by atoms with van der Waals surface area (Å²) in [6.07, 6.45) is 4.00. The third kappa shape index (κ3) is 3.18. The number of rotatable bonds is 5. The summed E-state index contributed by atoms with van der Waals surface area (Å²) in [4.78, 5) is 29.4. The molecule has 2 N–H and O–H groups in total. The number of nitrogens with zero attached hydrogens (tertiary/aromatic N) is 3. The number of fused-ring (bicyclic) bond motifs is 5. The molecule has 30 heavy (non-hydrogen) atoms. The van der Waals surface area contributed by atoms with Gasteiger partial charge in [-0.2, -0.15) is 5.10 Å². The first kappa shape index (κ1) is 20.1. The third-order valence-electron chi connectivity index (χ3n) is 7.00. The molecule has 2 aliphatic heterocycles. The topological polar surface area (TPSA) is 89.5 Å². The Bertz CT molecular complexity index is 1030. The van der Waals surface area contributed by atoms with Gasteiger partial charge in [0.25, 0.3) is 0 Å². The molecule has 3 heterocycles. The van der Waals surface area contributed by atoms with Crippen LogP contribution in [0, 0.1) is 5.41 Å². The van der Waals surface area contributed by atoms with Crippen LogP contribution >= 0.6 is 23.2 Å². The van der Waals surface area contributed by atoms with Gasteiger partial charge in [0.1, 0.15) is 10.7 Å². The van der Waals surface area contributed by atoms with Gasteiger partial charge < -0.3 is 14.9 Å². The fourth-order valence-electron chi connectivity index (χ4n) is 5.38. The number of halogens is 2. The molecule has 1 aliphatic carbocycles. The quantitative estimate of drug-likeness (QED) is 0.725. The molecule has 1 amide bonds. The number of H-pyrrole nitrogens is 1. The van der Waals surface area contributed by atoms with Crippen LogP contribution in [0.4, 0.5) is 0 Å². The van der Waals surface area contributed by atoms with Crippen LogP contribution in [-0.2, 0) is 16.1 Å². The van der Waals surface area contributed by atoms with Crippen LogP contribution in [0.5, 0.6) is 0 Å². The Kier molecular flexibility index (Phi) is 4.95. The number of hydrogen-bond acceptors (Lipinski definition) is 4. The summed E-state index contributed by atoms with van der Waals surface area (Å²) < 4.78 is 0. The van der Waals surface area contributed by atoms with Crippen molar-refractivity contribution in [1.29, 1.82) is 0 Å². The van der Waals surface area contributed by atoms with Crippen LogP contribution in [0.25, 0.3) is 10.9 Å². The van der Waals surface area contributed by atoms with Crippen molar-refractivity contribution in [3.8, 4) is 0 Å². The average molecular weight is 451 g/mol. The summed E-state index contributed by atoms with van der Waals surface area (Å²) in [6, 6.07) is 1.85. The number of aromatic amines is 1. The monoisotopic (exact) mass is 450 g/mol. The Morgan fingerprint density at radius 2 is 2.03 bits per heavy atom. The lowest BCUT2D eigenvalue weighted by molar-refractivity contribution is -0.146. The number of hydrogen-bond donors (Lipinski definition) is 2. The Morgan fingerprint density at radius 1 is 1.27 bits per heavy atom. The number of likely N-dealkylation sites (tertiary alicyclic amines) is 1. The average Bonchev–Trinajstić information content (AvgIpc) is 3.32. The molecule has 160 valence electrons. The molecule has 9 heteroatoms. The summed E-state index contributed by atoms with van der Waals surface area (Å²) >= 11 is 12.9. The molecule has 5 rings (SSSR count). The van der Waals surface area contributed by atoms with Gasteiger partial charge >= 0.3 is 5.97 Å². The summed E-state index contributed by atoms with van der Waals surface area (Å²) in [5.74, 6) is -1.16. The first-order chi connectivity index (χ1) is 14.4. The number of aromatic nitrogens is 2. The highest BCUT2D eigenvalue weighted by atomic mass is 35.5. The van der Waals surface area contributed by atoms with Gasteiger partial charge in [0.15, 0.2) is 0 Å². The number of carboxylic acid groups (broad SMARTS) is 1. The molecular weight excluding hydrogens is 427 g/mol. The molecule has 1 saturated heterocycles. The van der Waals surface area contributed by atoms with E-state index in [0.717, 1.165) is 36.1 Å². The normalized spacial score (nSPS) is 26.4. The number of amides is 1. The van der Waals surface area contributed by atoms with Crippen LogP contribution in [0.2, 0.25) is 10.2 Å². The van der Waals surface area contributed by atoms with E-state index in [9.17, 15) is 14.7 Å². The van der Waals surface area contributed by atoms with Gasteiger partial charge in [0.05, 0.1) is 16.9 Å². The number of carbonyl (C=O) groups excluding carboxylic acids is 1. The smallest absolute Gasteiger partial charge is 0.304 e. The molecule has 2 aromatic rings. The lowest BCUT2D eigenvalue weighted by Gasteiger charge is -2.31. The Hall–Kier alpha value is -1.83. The van der Waals surface area contributed by atoms with Gasteiger partial charge in [-0.05, 0) is 49.5 Å². The molecule has 2 atom stereocenters. The van der Waals surface area contributed by atoms with Gasteiger partial charge in [0.2, 0.25) is 5.91 Å². The third-order valence-corrected chi connectivity index (χ3v) is 7.56. The molecule has 7 nitrogen and oxygen atoms in total. The number of nitrogens with one attached hydrogen (secondary N) is 1. The van der Waals surface area contributed by atoms with Crippen LogP contribution < -0.4 is 0 Å². The zero-order chi connectivity index (χ0) is 21.0. The van der Waals surface area contributed by atoms with Crippen molar-refractivity contribution in [2.24, 2.45) is 5.41 Å². The van der Waals surface area contributed by atoms with Crippen LogP contribution in [0.3, 0.4) is 0 Å². The molecule has 0 bridgehead atoms. The van der Waals surface area contributed by atoms with Crippen molar-refractivity contribution in [2.75, 3.05) is 26.2 Å². The SMILES string of the molecule is O=C(O)C[C@]12CC1c1cc(Cl)c3n[nH]c(Cl)c3c1CN(CCN1CCCCC1)C2=O. The van der Waals surface area contributed by atoms with Crippen molar-refractivity contribution >= 4 is 46.0 Å². The van der Waals surface area contributed by atoms with E-state index in [-0.39, 0.29) is 18.2 Å². The van der Waals surface area contributed by atoms with Crippen molar-refractivity contribution in [1.82, 2.24) is 20.0 Å². The van der Waals surface area contributed by atoms with Crippen molar-refractivity contribution in [3.63, 3.8) is 0 Å². The molecule has 3 aliphatic rings. The second kappa shape index (κ2) is 7.39. The largest absolute Gasteiger partial charge is 0.481 e. The molecule has 1 aromatic heterocycles. The van der Waals surface area contributed by atoms with Gasteiger partial charge in [-0.3, -0.25) is 14.7 Å². The predicted octanol–water partition coefficient (Wildman–Crippen LogP) is 3.65. The first-order valence-corrected chi connectivity index (χ1v) is 11.2. The molecule has 1 saturated carbocycles. The fourth-order valence-corrected chi connectivity index (χ4v) is 5.88. The maximum absolute atomic E-state index is 13.6. The molecule has 1 aromatic carbocycles. The van der Waals surface area contributed by atoms with Crippen molar-refractivity contribution in [2.45, 2.75) is 44.6 Å². The zero-order valence-electron chi connectivity index (χ0n) is 16.6. The summed E-state index contributed by atoms with van der Waals surface area (Å²) in [5.41, 5.74) is 1.59. The number of benzene rings is 1. The Morgan fingerprint density at radius 3 is 2.77 bits per heavy atom. The highest BCUT2D eigenvalue weighted by Gasteiger charge is 2.64. The number of carboxylic acids is 1. The highest BCUT2D eigenvalue weighted by Crippen LogP contribution is 2.65. The second-order valence-corrected chi connectivity index (χ2v) is 9.58. The minimum Gasteiger partial charge on any atom is -0.481 e. The second-order valence-electron chi connectivity index (χ2n) is 8.80. The van der Waals surface area contributed by atoms with Crippen LogP contribution in [0.1, 0.15) is 49.1 Å². The minimum absolute atomic E-state index is 0.0630. The lowest BCUT2D eigenvalue weighted by atomic mass is 9.93. The molecule has 0 radical (unpaired) electrons. The number of carbonyl (C=O) groups is 2. The Balaban J connectivity index is 1.55. The summed E-state index contributed by atoms with van der Waals surface area (Å²) in [7, 11) is 0. The standard InChI is InChI=1S/C21H24Cl2N4O3/c22-15-8-12-13(17-18(15)24-25-19(17)23)11-27(7-6-26-4-2-1-3-5-26)20(30)21(9-14(12)21)10-16(28)29/h8,14H,1-7,9-11H2,(H,24,25)(H,28,29)/t14?,21-/m1/s1. The predicted molar refractivity (Wildman–Crippen MR) is 114 cm³/mol. The molecule has 1 unspecified atom stereocenters. The molecule has 0 spiro atoms. The van der Waals surface area contributed by atoms with Gasteiger partial charge in [-0.15, -0.1) is 0 Å². The lowest BCUT2D eigenvalue weighted by Crippen LogP contribution is -2.43. The highest BCUT2D eigenvalue weighted by molar-refractivity contribution is 6.39. The van der Waals surface area contributed by atoms with Gasteiger partial charge in [-0.1, -0.05) is 29.6 Å².